The Morgan fingerprint density at radius 3 is 2.29 bits per heavy atom. The molecule has 3 rings (SSSR count). The van der Waals surface area contributed by atoms with Crippen LogP contribution in [0.4, 0.5) is 0 Å². The summed E-state index contributed by atoms with van der Waals surface area (Å²) in [6, 6.07) is 11.8. The zero-order valence-electron chi connectivity index (χ0n) is 13.3. The predicted molar refractivity (Wildman–Crippen MR) is 102 cm³/mol. The molecule has 1 saturated heterocycles. The second kappa shape index (κ2) is 7.76. The van der Waals surface area contributed by atoms with Gasteiger partial charge in [0, 0.05) is 37.6 Å². The molecule has 1 fully saturated rings. The SMILES string of the molecule is CSc1ccc(CN2CCN(S(=O)(=O)c3ccc(Cl)s3)CC2)cc1. The fourth-order valence-corrected chi connectivity index (χ4v) is 6.15. The third-order valence-electron chi connectivity index (χ3n) is 4.04. The number of hydrogen-bond acceptors (Lipinski definition) is 5. The Labute approximate surface area is 156 Å². The lowest BCUT2D eigenvalue weighted by Gasteiger charge is -2.33. The fraction of sp³-hybridized carbons (Fsp3) is 0.375. The first-order chi connectivity index (χ1) is 11.5. The number of halogens is 1. The van der Waals surface area contributed by atoms with Crippen LogP contribution in [-0.2, 0) is 16.6 Å². The van der Waals surface area contributed by atoms with Crippen molar-refractivity contribution in [3.8, 4) is 0 Å². The van der Waals surface area contributed by atoms with Gasteiger partial charge in [0.05, 0.1) is 4.34 Å². The number of rotatable bonds is 5. The first-order valence-electron chi connectivity index (χ1n) is 7.60. The minimum Gasteiger partial charge on any atom is -0.296 e. The highest BCUT2D eigenvalue weighted by Crippen LogP contribution is 2.28. The molecule has 1 aliphatic heterocycles. The third-order valence-corrected chi connectivity index (χ3v) is 8.38. The van der Waals surface area contributed by atoms with E-state index in [9.17, 15) is 8.42 Å². The molecule has 130 valence electrons. The van der Waals surface area contributed by atoms with Gasteiger partial charge < -0.3 is 0 Å². The second-order valence-electron chi connectivity index (χ2n) is 5.59. The molecule has 0 aliphatic carbocycles. The molecule has 4 nitrogen and oxygen atoms in total. The van der Waals surface area contributed by atoms with E-state index in [1.807, 2.05) is 0 Å². The van der Waals surface area contributed by atoms with Crippen molar-refractivity contribution in [1.29, 1.82) is 0 Å². The Kier molecular flexibility index (Phi) is 5.89. The molecule has 0 amide bonds. The highest BCUT2D eigenvalue weighted by atomic mass is 35.5. The van der Waals surface area contributed by atoms with Crippen molar-refractivity contribution < 1.29 is 8.42 Å². The molecule has 0 radical (unpaired) electrons. The number of benzene rings is 1. The summed E-state index contributed by atoms with van der Waals surface area (Å²) in [6.45, 7) is 3.36. The lowest BCUT2D eigenvalue weighted by atomic mass is 10.2. The van der Waals surface area contributed by atoms with E-state index in [4.69, 9.17) is 11.6 Å². The van der Waals surface area contributed by atoms with Crippen molar-refractivity contribution in [3.63, 3.8) is 0 Å². The molecule has 0 spiro atoms. The number of sulfonamides is 1. The van der Waals surface area contributed by atoms with E-state index in [-0.39, 0.29) is 0 Å². The molecule has 1 aromatic heterocycles. The molecule has 0 bridgehead atoms. The van der Waals surface area contributed by atoms with Crippen molar-refractivity contribution in [1.82, 2.24) is 9.21 Å². The van der Waals surface area contributed by atoms with Crippen LogP contribution in [0.25, 0.3) is 0 Å². The molecule has 1 aromatic carbocycles. The third kappa shape index (κ3) is 4.15. The van der Waals surface area contributed by atoms with Crippen LogP contribution >= 0.6 is 34.7 Å². The standard InChI is InChI=1S/C16H19ClN2O2S3/c1-22-14-4-2-13(3-5-14)12-18-8-10-19(11-9-18)24(20,21)16-7-6-15(17)23-16/h2-7H,8-12H2,1H3. The largest absolute Gasteiger partial charge is 0.296 e. The van der Waals surface area contributed by atoms with Crippen LogP contribution in [0.15, 0.2) is 45.5 Å². The van der Waals surface area contributed by atoms with Crippen molar-refractivity contribution in [3.05, 3.63) is 46.3 Å². The van der Waals surface area contributed by atoms with Crippen LogP contribution in [0.2, 0.25) is 4.34 Å². The number of hydrogen-bond donors (Lipinski definition) is 0. The molecule has 0 N–H and O–H groups in total. The summed E-state index contributed by atoms with van der Waals surface area (Å²) in [5, 5.41) is 0. The van der Waals surface area contributed by atoms with E-state index < -0.39 is 10.0 Å². The summed E-state index contributed by atoms with van der Waals surface area (Å²) in [7, 11) is -3.41. The Morgan fingerprint density at radius 2 is 1.75 bits per heavy atom. The summed E-state index contributed by atoms with van der Waals surface area (Å²) in [6.07, 6.45) is 2.06. The molecule has 0 unspecified atom stereocenters. The highest BCUT2D eigenvalue weighted by molar-refractivity contribution is 7.98. The normalized spacial score (nSPS) is 17.2. The fourth-order valence-electron chi connectivity index (χ4n) is 2.68. The van der Waals surface area contributed by atoms with Gasteiger partial charge in [0.2, 0.25) is 0 Å². The van der Waals surface area contributed by atoms with Crippen LogP contribution in [-0.4, -0.2) is 50.1 Å². The van der Waals surface area contributed by atoms with Crippen LogP contribution in [0.5, 0.6) is 0 Å². The maximum atomic E-state index is 12.6. The topological polar surface area (TPSA) is 40.6 Å². The highest BCUT2D eigenvalue weighted by Gasteiger charge is 2.29. The van der Waals surface area contributed by atoms with Crippen LogP contribution in [0.3, 0.4) is 0 Å². The van der Waals surface area contributed by atoms with Gasteiger partial charge in [-0.05, 0) is 36.1 Å². The van der Waals surface area contributed by atoms with Gasteiger partial charge in [-0.1, -0.05) is 23.7 Å². The molecule has 8 heteroatoms. The summed E-state index contributed by atoms with van der Waals surface area (Å²) in [5.74, 6) is 0. The Morgan fingerprint density at radius 1 is 1.08 bits per heavy atom. The first-order valence-corrected chi connectivity index (χ1v) is 11.5. The molecule has 0 atom stereocenters. The predicted octanol–water partition coefficient (Wildman–Crippen LogP) is 3.63. The van der Waals surface area contributed by atoms with Gasteiger partial charge in [-0.25, -0.2) is 8.42 Å². The summed E-state index contributed by atoms with van der Waals surface area (Å²) >= 11 is 8.71. The molecular formula is C16H19ClN2O2S3. The molecule has 24 heavy (non-hydrogen) atoms. The first kappa shape index (κ1) is 18.2. The van der Waals surface area contributed by atoms with Gasteiger partial charge in [-0.3, -0.25) is 4.90 Å². The van der Waals surface area contributed by atoms with E-state index >= 15 is 0 Å². The Balaban J connectivity index is 1.59. The lowest BCUT2D eigenvalue weighted by molar-refractivity contribution is 0.182. The average Bonchev–Trinajstić information content (AvgIpc) is 3.03. The smallest absolute Gasteiger partial charge is 0.252 e. The minimum absolute atomic E-state index is 0.327. The average molecular weight is 403 g/mol. The summed E-state index contributed by atoms with van der Waals surface area (Å²) < 4.78 is 27.6. The maximum Gasteiger partial charge on any atom is 0.252 e. The number of nitrogens with zero attached hydrogens (tertiary/aromatic N) is 2. The monoisotopic (exact) mass is 402 g/mol. The van der Waals surface area contributed by atoms with Crippen molar-refractivity contribution in [2.24, 2.45) is 0 Å². The summed E-state index contributed by atoms with van der Waals surface area (Å²) in [4.78, 5) is 3.55. The quantitative estimate of drug-likeness (QED) is 0.716. The zero-order chi connectivity index (χ0) is 17.2. The molecular weight excluding hydrogens is 384 g/mol. The number of thioether (sulfide) groups is 1. The van der Waals surface area contributed by atoms with E-state index in [1.165, 1.54) is 10.5 Å². The minimum atomic E-state index is -3.41. The van der Waals surface area contributed by atoms with Crippen molar-refractivity contribution >= 4 is 44.7 Å². The van der Waals surface area contributed by atoms with E-state index in [0.717, 1.165) is 31.0 Å². The van der Waals surface area contributed by atoms with E-state index in [1.54, 1.807) is 28.2 Å². The van der Waals surface area contributed by atoms with Crippen molar-refractivity contribution in [2.45, 2.75) is 15.6 Å². The molecule has 1 aliphatic rings. The second-order valence-corrected chi connectivity index (χ2v) is 10.3. The van der Waals surface area contributed by atoms with Gasteiger partial charge >= 0.3 is 0 Å². The van der Waals surface area contributed by atoms with E-state index in [2.05, 4.69) is 35.4 Å². The Bertz CT molecular complexity index is 782. The van der Waals surface area contributed by atoms with Crippen LogP contribution < -0.4 is 0 Å². The van der Waals surface area contributed by atoms with Gasteiger partial charge in [-0.2, -0.15) is 4.31 Å². The number of thiophene rings is 1. The maximum absolute atomic E-state index is 12.6. The summed E-state index contributed by atoms with van der Waals surface area (Å²) in [5.41, 5.74) is 1.26. The van der Waals surface area contributed by atoms with Gasteiger partial charge in [0.1, 0.15) is 4.21 Å². The lowest BCUT2D eigenvalue weighted by Crippen LogP contribution is -2.48. The molecule has 2 heterocycles. The van der Waals surface area contributed by atoms with Gasteiger partial charge in [0.25, 0.3) is 10.0 Å². The van der Waals surface area contributed by atoms with Gasteiger partial charge in [0.15, 0.2) is 0 Å². The van der Waals surface area contributed by atoms with Crippen LogP contribution in [0.1, 0.15) is 5.56 Å². The molecule has 0 saturated carbocycles. The number of piperazine rings is 1. The molecule has 2 aromatic rings. The van der Waals surface area contributed by atoms with E-state index in [0.29, 0.717) is 21.6 Å². The Hall–Kier alpha value is -0.570. The van der Waals surface area contributed by atoms with Crippen molar-refractivity contribution in [2.75, 3.05) is 32.4 Å². The van der Waals surface area contributed by atoms with Gasteiger partial charge in [-0.15, -0.1) is 23.1 Å². The zero-order valence-corrected chi connectivity index (χ0v) is 16.5. The van der Waals surface area contributed by atoms with Crippen LogP contribution in [0, 0.1) is 0 Å².